The van der Waals surface area contributed by atoms with Gasteiger partial charge in [0, 0.05) is 12.7 Å². The standard InChI is InChI=1S/C18H22N2O4/c1-18(2)13(14(18)17(23)24)16(22)20(3)12-9-8-10-6-4-5-7-11(10)19-15(12)21/h4-7,12-14H,8-9H2,1-3H3,(H,19,21)(H,23,24)/t12-,13+,14-/m0/s1. The minimum Gasteiger partial charge on any atom is -0.481 e. The Morgan fingerprint density at radius 3 is 2.54 bits per heavy atom. The van der Waals surface area contributed by atoms with Gasteiger partial charge in [0.05, 0.1) is 11.8 Å². The molecular weight excluding hydrogens is 308 g/mol. The molecule has 3 rings (SSSR count). The molecule has 1 saturated carbocycles. The first kappa shape index (κ1) is 16.5. The maximum Gasteiger partial charge on any atom is 0.307 e. The van der Waals surface area contributed by atoms with Crippen molar-refractivity contribution >= 4 is 23.5 Å². The van der Waals surface area contributed by atoms with Gasteiger partial charge in [-0.05, 0) is 29.9 Å². The number of hydrogen-bond acceptors (Lipinski definition) is 3. The summed E-state index contributed by atoms with van der Waals surface area (Å²) >= 11 is 0. The van der Waals surface area contributed by atoms with E-state index in [1.807, 2.05) is 24.3 Å². The van der Waals surface area contributed by atoms with Crippen molar-refractivity contribution in [1.29, 1.82) is 0 Å². The summed E-state index contributed by atoms with van der Waals surface area (Å²) in [5.41, 5.74) is 1.26. The first-order valence-electron chi connectivity index (χ1n) is 8.13. The fraction of sp³-hybridized carbons (Fsp3) is 0.500. The number of aliphatic carboxylic acids is 1. The monoisotopic (exact) mass is 330 g/mol. The molecule has 2 amide bonds. The maximum atomic E-state index is 12.7. The van der Waals surface area contributed by atoms with E-state index in [1.54, 1.807) is 20.9 Å². The number of benzene rings is 1. The number of nitrogens with zero attached hydrogens (tertiary/aromatic N) is 1. The molecule has 24 heavy (non-hydrogen) atoms. The van der Waals surface area contributed by atoms with Gasteiger partial charge >= 0.3 is 5.97 Å². The smallest absolute Gasteiger partial charge is 0.307 e. The van der Waals surface area contributed by atoms with Crippen LogP contribution in [0.1, 0.15) is 25.8 Å². The normalized spacial score (nSPS) is 27.5. The van der Waals surface area contributed by atoms with Crippen molar-refractivity contribution in [1.82, 2.24) is 4.90 Å². The number of rotatable bonds is 3. The van der Waals surface area contributed by atoms with E-state index in [-0.39, 0.29) is 11.8 Å². The zero-order valence-corrected chi connectivity index (χ0v) is 14.1. The number of aryl methyl sites for hydroxylation is 1. The van der Waals surface area contributed by atoms with Crippen molar-refractivity contribution in [2.75, 3.05) is 12.4 Å². The highest BCUT2D eigenvalue weighted by Crippen LogP contribution is 2.59. The van der Waals surface area contributed by atoms with Crippen LogP contribution < -0.4 is 5.32 Å². The summed E-state index contributed by atoms with van der Waals surface area (Å²) in [4.78, 5) is 38.0. The van der Waals surface area contributed by atoms with E-state index >= 15 is 0 Å². The molecule has 0 unspecified atom stereocenters. The summed E-state index contributed by atoms with van der Waals surface area (Å²) in [6.07, 6.45) is 1.21. The van der Waals surface area contributed by atoms with Crippen LogP contribution >= 0.6 is 0 Å². The topological polar surface area (TPSA) is 86.7 Å². The molecule has 6 heteroatoms. The van der Waals surface area contributed by atoms with E-state index < -0.39 is 29.3 Å². The zero-order valence-electron chi connectivity index (χ0n) is 14.1. The lowest BCUT2D eigenvalue weighted by molar-refractivity contribution is -0.143. The minimum atomic E-state index is -0.954. The van der Waals surface area contributed by atoms with E-state index in [9.17, 15) is 19.5 Å². The van der Waals surface area contributed by atoms with Gasteiger partial charge in [0.1, 0.15) is 6.04 Å². The third-order valence-electron chi connectivity index (χ3n) is 5.44. The summed E-state index contributed by atoms with van der Waals surface area (Å²) in [5.74, 6) is -2.69. The number of likely N-dealkylation sites (N-methyl/N-ethyl adjacent to an activating group) is 1. The van der Waals surface area contributed by atoms with Crippen LogP contribution in [-0.4, -0.2) is 40.9 Å². The molecule has 6 nitrogen and oxygen atoms in total. The summed E-state index contributed by atoms with van der Waals surface area (Å²) in [6.45, 7) is 3.57. The fourth-order valence-electron chi connectivity index (χ4n) is 3.80. The second-order valence-electron chi connectivity index (χ2n) is 7.26. The highest BCUT2D eigenvalue weighted by molar-refractivity contribution is 6.00. The van der Waals surface area contributed by atoms with Gasteiger partial charge in [0.25, 0.3) is 0 Å². The number of carbonyl (C=O) groups is 3. The van der Waals surface area contributed by atoms with Crippen LogP contribution in [0, 0.1) is 17.3 Å². The Labute approximate surface area is 140 Å². The first-order chi connectivity index (χ1) is 11.2. The lowest BCUT2D eigenvalue weighted by Gasteiger charge is -2.26. The van der Waals surface area contributed by atoms with E-state index in [2.05, 4.69) is 5.32 Å². The third-order valence-corrected chi connectivity index (χ3v) is 5.44. The third kappa shape index (κ3) is 2.56. The van der Waals surface area contributed by atoms with Crippen LogP contribution in [0.15, 0.2) is 24.3 Å². The van der Waals surface area contributed by atoms with Gasteiger partial charge < -0.3 is 15.3 Å². The fourth-order valence-corrected chi connectivity index (χ4v) is 3.80. The highest BCUT2D eigenvalue weighted by atomic mass is 16.4. The van der Waals surface area contributed by atoms with E-state index in [0.29, 0.717) is 12.8 Å². The summed E-state index contributed by atoms with van der Waals surface area (Å²) in [7, 11) is 1.59. The summed E-state index contributed by atoms with van der Waals surface area (Å²) in [5, 5.41) is 12.1. The van der Waals surface area contributed by atoms with Crippen LogP contribution in [-0.2, 0) is 20.8 Å². The van der Waals surface area contributed by atoms with Crippen molar-refractivity contribution in [3.63, 3.8) is 0 Å². The molecule has 0 bridgehead atoms. The number of carbonyl (C=O) groups excluding carboxylic acids is 2. The van der Waals surface area contributed by atoms with Crippen LogP contribution in [0.25, 0.3) is 0 Å². The van der Waals surface area contributed by atoms with Crippen molar-refractivity contribution < 1.29 is 19.5 Å². The van der Waals surface area contributed by atoms with Crippen LogP contribution in [0.2, 0.25) is 0 Å². The van der Waals surface area contributed by atoms with Crippen molar-refractivity contribution in [2.24, 2.45) is 17.3 Å². The number of nitrogens with one attached hydrogen (secondary N) is 1. The van der Waals surface area contributed by atoms with Crippen LogP contribution in [0.5, 0.6) is 0 Å². The molecule has 1 fully saturated rings. The number of hydrogen-bond donors (Lipinski definition) is 2. The molecule has 1 aromatic carbocycles. The van der Waals surface area contributed by atoms with Gasteiger partial charge in [0.15, 0.2) is 0 Å². The van der Waals surface area contributed by atoms with Gasteiger partial charge in [-0.3, -0.25) is 14.4 Å². The number of anilines is 1. The number of fused-ring (bicyclic) bond motifs is 1. The molecular formula is C18H22N2O4. The Morgan fingerprint density at radius 1 is 1.25 bits per heavy atom. The molecule has 2 aliphatic rings. The molecule has 0 aromatic heterocycles. The Morgan fingerprint density at radius 2 is 1.92 bits per heavy atom. The van der Waals surface area contributed by atoms with Gasteiger partial charge in [-0.1, -0.05) is 32.0 Å². The zero-order chi connectivity index (χ0) is 17.6. The molecule has 1 aromatic rings. The predicted molar refractivity (Wildman–Crippen MR) is 88.3 cm³/mol. The van der Waals surface area contributed by atoms with Crippen molar-refractivity contribution in [3.8, 4) is 0 Å². The van der Waals surface area contributed by atoms with E-state index in [4.69, 9.17) is 0 Å². The quantitative estimate of drug-likeness (QED) is 0.884. The number of carboxylic acids is 1. The Balaban J connectivity index is 1.76. The largest absolute Gasteiger partial charge is 0.481 e. The van der Waals surface area contributed by atoms with Crippen LogP contribution in [0.4, 0.5) is 5.69 Å². The van der Waals surface area contributed by atoms with Gasteiger partial charge in [-0.15, -0.1) is 0 Å². The summed E-state index contributed by atoms with van der Waals surface area (Å²) < 4.78 is 0. The molecule has 1 aliphatic heterocycles. The average molecular weight is 330 g/mol. The second kappa shape index (κ2) is 5.61. The van der Waals surface area contributed by atoms with Gasteiger partial charge in [0.2, 0.25) is 11.8 Å². The Hall–Kier alpha value is -2.37. The molecule has 0 radical (unpaired) electrons. The number of carboxylic acid groups (broad SMARTS) is 1. The summed E-state index contributed by atoms with van der Waals surface area (Å²) in [6, 6.07) is 7.00. The molecule has 128 valence electrons. The van der Waals surface area contributed by atoms with Gasteiger partial charge in [-0.25, -0.2) is 0 Å². The van der Waals surface area contributed by atoms with Crippen LogP contribution in [0.3, 0.4) is 0 Å². The van der Waals surface area contributed by atoms with E-state index in [0.717, 1.165) is 11.3 Å². The average Bonchev–Trinajstić information content (AvgIpc) is 3.14. The minimum absolute atomic E-state index is 0.221. The molecule has 2 N–H and O–H groups in total. The number of amides is 2. The molecule has 0 saturated heterocycles. The number of para-hydroxylation sites is 1. The molecule has 1 heterocycles. The lowest BCUT2D eigenvalue weighted by Crippen LogP contribution is -2.45. The molecule has 3 atom stereocenters. The Bertz CT molecular complexity index is 713. The lowest BCUT2D eigenvalue weighted by atomic mass is 10.0. The Kier molecular flexibility index (Phi) is 3.86. The van der Waals surface area contributed by atoms with Gasteiger partial charge in [-0.2, -0.15) is 0 Å². The molecule has 1 aliphatic carbocycles. The van der Waals surface area contributed by atoms with Crippen molar-refractivity contribution in [3.05, 3.63) is 29.8 Å². The predicted octanol–water partition coefficient (Wildman–Crippen LogP) is 1.76. The van der Waals surface area contributed by atoms with E-state index in [1.165, 1.54) is 4.90 Å². The maximum absolute atomic E-state index is 12.7. The molecule has 0 spiro atoms. The van der Waals surface area contributed by atoms with Crippen molar-refractivity contribution in [2.45, 2.75) is 32.7 Å². The SMILES string of the molecule is CN(C(=O)[C@H]1[C@@H](C(=O)O)C1(C)C)[C@H]1CCc2ccccc2NC1=O. The first-order valence-corrected chi connectivity index (χ1v) is 8.13. The second-order valence-corrected chi connectivity index (χ2v) is 7.26. The highest BCUT2D eigenvalue weighted by Gasteiger charge is 2.66.